The number of hydrogen-bond donors (Lipinski definition) is 2. The summed E-state index contributed by atoms with van der Waals surface area (Å²) in [5, 5.41) is 3.36. The molecule has 1 heterocycles. The van der Waals surface area contributed by atoms with Gasteiger partial charge < -0.3 is 15.8 Å². The van der Waals surface area contributed by atoms with Crippen LogP contribution in [-0.2, 0) is 0 Å². The number of para-hydroxylation sites is 1. The van der Waals surface area contributed by atoms with Gasteiger partial charge in [0, 0.05) is 18.5 Å². The smallest absolute Gasteiger partial charge is 0.189 e. The Balaban J connectivity index is 0.00000176. The van der Waals surface area contributed by atoms with Crippen LogP contribution in [0.25, 0.3) is 0 Å². The topological polar surface area (TPSA) is 59.6 Å². The lowest BCUT2D eigenvalue weighted by Gasteiger charge is -2.27. The Morgan fingerprint density at radius 1 is 1.18 bits per heavy atom. The van der Waals surface area contributed by atoms with Gasteiger partial charge >= 0.3 is 0 Å². The van der Waals surface area contributed by atoms with E-state index in [0.717, 1.165) is 31.2 Å². The maximum absolute atomic E-state index is 6.08. The second-order valence-corrected chi connectivity index (χ2v) is 6.10. The van der Waals surface area contributed by atoms with Crippen LogP contribution < -0.4 is 15.8 Å². The van der Waals surface area contributed by atoms with Crippen LogP contribution in [0.5, 0.6) is 5.75 Å². The van der Waals surface area contributed by atoms with Crippen molar-refractivity contribution in [1.82, 2.24) is 5.32 Å². The first-order valence-electron chi connectivity index (χ1n) is 8.11. The Labute approximate surface area is 149 Å². The zero-order chi connectivity index (χ0) is 14.5. The minimum Gasteiger partial charge on any atom is -0.493 e. The molecule has 0 bridgehead atoms. The van der Waals surface area contributed by atoms with Crippen LogP contribution in [0, 0.1) is 5.92 Å². The van der Waals surface area contributed by atoms with E-state index in [1.165, 1.54) is 37.7 Å². The first kappa shape index (κ1) is 17.4. The van der Waals surface area contributed by atoms with Crippen molar-refractivity contribution in [3.63, 3.8) is 0 Å². The van der Waals surface area contributed by atoms with Crippen LogP contribution in [0.3, 0.4) is 0 Å². The van der Waals surface area contributed by atoms with Crippen molar-refractivity contribution < 1.29 is 4.74 Å². The molecule has 0 saturated heterocycles. The second-order valence-electron chi connectivity index (χ2n) is 6.10. The third-order valence-corrected chi connectivity index (χ3v) is 4.53. The molecule has 1 fully saturated rings. The van der Waals surface area contributed by atoms with Crippen LogP contribution in [-0.4, -0.2) is 19.1 Å². The third-order valence-electron chi connectivity index (χ3n) is 4.53. The van der Waals surface area contributed by atoms with Gasteiger partial charge in [0.25, 0.3) is 0 Å². The van der Waals surface area contributed by atoms with Crippen LogP contribution in [0.1, 0.15) is 50.1 Å². The molecule has 2 aliphatic rings. The number of guanidine groups is 1. The fourth-order valence-electron chi connectivity index (χ4n) is 3.31. The molecule has 1 aromatic carbocycles. The Bertz CT molecular complexity index is 500. The highest BCUT2D eigenvalue weighted by Crippen LogP contribution is 2.31. The molecule has 1 aliphatic carbocycles. The number of nitrogens with one attached hydrogen (secondary N) is 1. The first-order valence-corrected chi connectivity index (χ1v) is 8.11. The summed E-state index contributed by atoms with van der Waals surface area (Å²) in [7, 11) is 0. The molecule has 0 amide bonds. The monoisotopic (exact) mass is 415 g/mol. The average molecular weight is 415 g/mol. The molecule has 1 aliphatic heterocycles. The molecule has 1 aromatic rings. The molecule has 1 atom stereocenters. The van der Waals surface area contributed by atoms with Gasteiger partial charge in [-0.15, -0.1) is 24.0 Å². The van der Waals surface area contributed by atoms with Gasteiger partial charge in [0.2, 0.25) is 0 Å². The van der Waals surface area contributed by atoms with Gasteiger partial charge in [-0.2, -0.15) is 0 Å². The van der Waals surface area contributed by atoms with Crippen molar-refractivity contribution in [3.8, 4) is 5.75 Å². The van der Waals surface area contributed by atoms with E-state index in [0.29, 0.717) is 5.96 Å². The summed E-state index contributed by atoms with van der Waals surface area (Å²) in [6, 6.07) is 8.36. The number of fused-ring (bicyclic) bond motifs is 1. The van der Waals surface area contributed by atoms with Gasteiger partial charge in [0.15, 0.2) is 5.96 Å². The Kier molecular flexibility index (Phi) is 6.79. The molecule has 3 N–H and O–H groups in total. The molecule has 0 spiro atoms. The van der Waals surface area contributed by atoms with Crippen molar-refractivity contribution in [2.24, 2.45) is 16.6 Å². The van der Waals surface area contributed by atoms with E-state index in [-0.39, 0.29) is 30.0 Å². The van der Waals surface area contributed by atoms with Gasteiger partial charge in [-0.25, -0.2) is 0 Å². The molecule has 3 rings (SSSR count). The van der Waals surface area contributed by atoms with Gasteiger partial charge in [-0.1, -0.05) is 37.5 Å². The molecular formula is C17H26IN3O. The lowest BCUT2D eigenvalue weighted by atomic mass is 9.89. The quantitative estimate of drug-likeness (QED) is 0.451. The van der Waals surface area contributed by atoms with E-state index < -0.39 is 0 Å². The highest BCUT2D eigenvalue weighted by atomic mass is 127. The SMILES string of the molecule is I.NC(=NCC1CCCCC1)NC1CCOc2ccccc21. The molecule has 22 heavy (non-hydrogen) atoms. The van der Waals surface area contributed by atoms with Crippen LogP contribution in [0.15, 0.2) is 29.3 Å². The van der Waals surface area contributed by atoms with Crippen molar-refractivity contribution in [1.29, 1.82) is 0 Å². The number of halogens is 1. The van der Waals surface area contributed by atoms with Crippen molar-refractivity contribution >= 4 is 29.9 Å². The standard InChI is InChI=1S/C17H25N3O.HI/c18-17(19-12-13-6-2-1-3-7-13)20-15-10-11-21-16-9-5-4-8-14(15)16;/h4-5,8-9,13,15H,1-3,6-7,10-12H2,(H3,18,19,20);1H. The zero-order valence-corrected chi connectivity index (χ0v) is 15.3. The van der Waals surface area contributed by atoms with Crippen molar-refractivity contribution in [3.05, 3.63) is 29.8 Å². The second kappa shape index (κ2) is 8.60. The Hall–Kier alpha value is -0.980. The minimum absolute atomic E-state index is 0. The van der Waals surface area contributed by atoms with Crippen molar-refractivity contribution in [2.45, 2.75) is 44.6 Å². The fourth-order valence-corrected chi connectivity index (χ4v) is 3.31. The number of rotatable bonds is 3. The van der Waals surface area contributed by atoms with E-state index >= 15 is 0 Å². The summed E-state index contributed by atoms with van der Waals surface area (Å²) in [6.07, 6.45) is 7.61. The summed E-state index contributed by atoms with van der Waals surface area (Å²) < 4.78 is 5.67. The lowest BCUT2D eigenvalue weighted by molar-refractivity contribution is 0.262. The lowest BCUT2D eigenvalue weighted by Crippen LogP contribution is -2.37. The molecule has 0 radical (unpaired) electrons. The molecule has 122 valence electrons. The van der Waals surface area contributed by atoms with Crippen LogP contribution in [0.2, 0.25) is 0 Å². The molecule has 1 saturated carbocycles. The molecule has 0 aromatic heterocycles. The van der Waals surface area contributed by atoms with Crippen LogP contribution >= 0.6 is 24.0 Å². The number of nitrogens with two attached hydrogens (primary N) is 1. The summed E-state index contributed by atoms with van der Waals surface area (Å²) >= 11 is 0. The van der Waals surface area contributed by atoms with Gasteiger partial charge in [-0.3, -0.25) is 4.99 Å². The van der Waals surface area contributed by atoms with Crippen molar-refractivity contribution in [2.75, 3.05) is 13.2 Å². The maximum atomic E-state index is 6.08. The molecule has 4 nitrogen and oxygen atoms in total. The molecule has 5 heteroatoms. The predicted molar refractivity (Wildman–Crippen MR) is 101 cm³/mol. The van der Waals surface area contributed by atoms with E-state index in [9.17, 15) is 0 Å². The predicted octanol–water partition coefficient (Wildman–Crippen LogP) is 3.61. The summed E-state index contributed by atoms with van der Waals surface area (Å²) in [6.45, 7) is 1.59. The third kappa shape index (κ3) is 4.51. The Morgan fingerprint density at radius 3 is 2.77 bits per heavy atom. The summed E-state index contributed by atoms with van der Waals surface area (Å²) in [5.74, 6) is 2.25. The van der Waals surface area contributed by atoms with Gasteiger partial charge in [0.05, 0.1) is 12.6 Å². The van der Waals surface area contributed by atoms with E-state index in [1.807, 2.05) is 18.2 Å². The van der Waals surface area contributed by atoms with E-state index in [1.54, 1.807) is 0 Å². The first-order chi connectivity index (χ1) is 10.3. The van der Waals surface area contributed by atoms with Gasteiger partial charge in [0.1, 0.15) is 5.75 Å². The molecule has 1 unspecified atom stereocenters. The maximum Gasteiger partial charge on any atom is 0.189 e. The number of aliphatic imine (C=N–C) groups is 1. The van der Waals surface area contributed by atoms with Crippen LogP contribution in [0.4, 0.5) is 0 Å². The number of hydrogen-bond acceptors (Lipinski definition) is 2. The van der Waals surface area contributed by atoms with E-state index in [2.05, 4.69) is 16.4 Å². The highest BCUT2D eigenvalue weighted by molar-refractivity contribution is 14.0. The van der Waals surface area contributed by atoms with E-state index in [4.69, 9.17) is 10.5 Å². The van der Waals surface area contributed by atoms with Gasteiger partial charge in [-0.05, 0) is 24.8 Å². The highest BCUT2D eigenvalue weighted by Gasteiger charge is 2.21. The normalized spacial score (nSPS) is 22.2. The largest absolute Gasteiger partial charge is 0.493 e. The Morgan fingerprint density at radius 2 is 1.95 bits per heavy atom. The fraction of sp³-hybridized carbons (Fsp3) is 0.588. The number of ether oxygens (including phenoxy) is 1. The number of benzene rings is 1. The average Bonchev–Trinajstić information content (AvgIpc) is 2.54. The summed E-state index contributed by atoms with van der Waals surface area (Å²) in [5.41, 5.74) is 7.26. The summed E-state index contributed by atoms with van der Waals surface area (Å²) in [4.78, 5) is 4.56. The number of nitrogens with zero attached hydrogens (tertiary/aromatic N) is 1. The minimum atomic E-state index is 0. The zero-order valence-electron chi connectivity index (χ0n) is 13.0. The molecular weight excluding hydrogens is 389 g/mol.